The number of halogens is 5. The van der Waals surface area contributed by atoms with E-state index in [2.05, 4.69) is 10.5 Å². The summed E-state index contributed by atoms with van der Waals surface area (Å²) in [6, 6.07) is 8.46. The number of ether oxygens (including phenoxy) is 1. The van der Waals surface area contributed by atoms with Crippen molar-refractivity contribution in [3.8, 4) is 0 Å². The summed E-state index contributed by atoms with van der Waals surface area (Å²) in [5, 5.41) is 6.36. The third kappa shape index (κ3) is 4.49. The Morgan fingerprint density at radius 3 is 2.47 bits per heavy atom. The van der Waals surface area contributed by atoms with E-state index in [1.165, 1.54) is 12.1 Å². The molecular formula is C20H17Cl2F3N2O3. The van der Waals surface area contributed by atoms with E-state index in [9.17, 15) is 18.0 Å². The molecule has 0 radical (unpaired) electrons. The fourth-order valence-corrected chi connectivity index (χ4v) is 3.68. The van der Waals surface area contributed by atoms with Gasteiger partial charge in [-0.1, -0.05) is 28.4 Å². The van der Waals surface area contributed by atoms with Gasteiger partial charge in [0.05, 0.1) is 12.3 Å². The highest BCUT2D eigenvalue weighted by atomic mass is 35.5. The van der Waals surface area contributed by atoms with Gasteiger partial charge < -0.3 is 9.57 Å². The van der Waals surface area contributed by atoms with E-state index >= 15 is 0 Å². The molecule has 5 nitrogen and oxygen atoms in total. The second-order valence-electron chi connectivity index (χ2n) is 6.72. The van der Waals surface area contributed by atoms with Gasteiger partial charge in [-0.15, -0.1) is 0 Å². The number of carbonyl (C=O) groups excluding carboxylic acids is 1. The fraction of sp³-hybridized carbons (Fsp3) is 0.300. The summed E-state index contributed by atoms with van der Waals surface area (Å²) in [5.41, 5.74) is -1.46. The molecule has 1 N–H and O–H groups in total. The van der Waals surface area contributed by atoms with Gasteiger partial charge in [0, 0.05) is 33.3 Å². The Balaban J connectivity index is 1.96. The van der Waals surface area contributed by atoms with Crippen molar-refractivity contribution >= 4 is 40.7 Å². The van der Waals surface area contributed by atoms with E-state index in [0.29, 0.717) is 16.8 Å². The van der Waals surface area contributed by atoms with E-state index in [-0.39, 0.29) is 27.9 Å². The van der Waals surface area contributed by atoms with E-state index in [0.717, 1.165) is 12.1 Å². The second-order valence-corrected chi connectivity index (χ2v) is 7.59. The fourth-order valence-electron chi connectivity index (χ4n) is 3.15. The minimum atomic E-state index is -4.79. The molecule has 160 valence electrons. The average molecular weight is 461 g/mol. The molecule has 0 aromatic heterocycles. The van der Waals surface area contributed by atoms with E-state index in [1.54, 1.807) is 26.0 Å². The summed E-state index contributed by atoms with van der Waals surface area (Å²) >= 11 is 11.8. The molecule has 0 saturated carbocycles. The molecule has 0 spiro atoms. The Morgan fingerprint density at radius 1 is 1.20 bits per heavy atom. The van der Waals surface area contributed by atoms with Gasteiger partial charge in [0.2, 0.25) is 0 Å². The number of carbonyl (C=O) groups is 1. The lowest BCUT2D eigenvalue weighted by Gasteiger charge is -2.29. The Labute approximate surface area is 180 Å². The average Bonchev–Trinajstić information content (AvgIpc) is 3.07. The minimum Gasteiger partial charge on any atom is -0.450 e. The first-order chi connectivity index (χ1) is 14.0. The number of benzene rings is 2. The number of nitrogens with one attached hydrogen (secondary N) is 1. The summed E-state index contributed by atoms with van der Waals surface area (Å²) in [6.45, 7) is 3.58. The maximum Gasteiger partial charge on any atom is 0.435 e. The molecule has 0 aliphatic carbocycles. The topological polar surface area (TPSA) is 59.9 Å². The zero-order chi connectivity index (χ0) is 22.1. The first-order valence-corrected chi connectivity index (χ1v) is 9.64. The van der Waals surface area contributed by atoms with Crippen LogP contribution in [0.1, 0.15) is 30.0 Å². The smallest absolute Gasteiger partial charge is 0.435 e. The number of oxime groups is 1. The van der Waals surface area contributed by atoms with E-state index < -0.39 is 24.3 Å². The van der Waals surface area contributed by atoms with Crippen molar-refractivity contribution in [3.63, 3.8) is 0 Å². The van der Waals surface area contributed by atoms with Gasteiger partial charge in [-0.3, -0.25) is 5.32 Å². The van der Waals surface area contributed by atoms with Gasteiger partial charge in [-0.2, -0.15) is 13.2 Å². The Kier molecular flexibility index (Phi) is 6.19. The molecule has 1 aliphatic heterocycles. The minimum absolute atomic E-state index is 0.0506. The van der Waals surface area contributed by atoms with Gasteiger partial charge in [-0.05, 0) is 55.8 Å². The molecular weight excluding hydrogens is 444 g/mol. The predicted molar refractivity (Wildman–Crippen MR) is 108 cm³/mol. The van der Waals surface area contributed by atoms with Crippen LogP contribution in [0.3, 0.4) is 0 Å². The number of aryl methyl sites for hydroxylation is 1. The van der Waals surface area contributed by atoms with Gasteiger partial charge in [-0.25, -0.2) is 4.79 Å². The zero-order valence-corrected chi connectivity index (χ0v) is 17.5. The number of alkyl halides is 3. The molecule has 10 heteroatoms. The van der Waals surface area contributed by atoms with Crippen molar-refractivity contribution in [1.29, 1.82) is 0 Å². The summed E-state index contributed by atoms with van der Waals surface area (Å²) in [5.74, 6) is 0. The Bertz CT molecular complexity index is 991. The van der Waals surface area contributed by atoms with Crippen molar-refractivity contribution in [2.75, 3.05) is 11.9 Å². The van der Waals surface area contributed by atoms with Crippen LogP contribution in [-0.2, 0) is 15.2 Å². The van der Waals surface area contributed by atoms with Gasteiger partial charge in [0.25, 0.3) is 5.60 Å². The summed E-state index contributed by atoms with van der Waals surface area (Å²) in [7, 11) is 0. The predicted octanol–water partition coefficient (Wildman–Crippen LogP) is 6.45. The third-order valence-corrected chi connectivity index (χ3v) is 4.88. The summed E-state index contributed by atoms with van der Waals surface area (Å²) < 4.78 is 47.2. The Morgan fingerprint density at radius 2 is 1.87 bits per heavy atom. The van der Waals surface area contributed by atoms with E-state index in [1.807, 2.05) is 0 Å². The van der Waals surface area contributed by atoms with Crippen molar-refractivity contribution < 1.29 is 27.5 Å². The molecule has 0 saturated heterocycles. The number of hydrogen-bond donors (Lipinski definition) is 1. The lowest BCUT2D eigenvalue weighted by atomic mass is 9.86. The number of amides is 1. The zero-order valence-electron chi connectivity index (χ0n) is 15.9. The number of anilines is 1. The molecule has 0 fully saturated rings. The highest BCUT2D eigenvalue weighted by Gasteiger charge is 2.62. The van der Waals surface area contributed by atoms with Gasteiger partial charge in [0.15, 0.2) is 0 Å². The molecule has 30 heavy (non-hydrogen) atoms. The first-order valence-electron chi connectivity index (χ1n) is 8.88. The van der Waals surface area contributed by atoms with Crippen LogP contribution in [0.5, 0.6) is 0 Å². The van der Waals surface area contributed by atoms with Crippen LogP contribution < -0.4 is 5.32 Å². The second kappa shape index (κ2) is 8.35. The molecule has 0 bridgehead atoms. The van der Waals surface area contributed by atoms with Crippen LogP contribution in [0, 0.1) is 6.92 Å². The first kappa shape index (κ1) is 22.2. The van der Waals surface area contributed by atoms with Crippen molar-refractivity contribution in [2.45, 2.75) is 32.0 Å². The van der Waals surface area contributed by atoms with Crippen LogP contribution >= 0.6 is 23.2 Å². The molecule has 1 amide bonds. The van der Waals surface area contributed by atoms with Gasteiger partial charge in [0.1, 0.15) is 0 Å². The molecule has 1 aliphatic rings. The van der Waals surface area contributed by atoms with Crippen molar-refractivity contribution in [2.24, 2.45) is 5.16 Å². The van der Waals surface area contributed by atoms with Crippen LogP contribution in [0.15, 0.2) is 41.6 Å². The maximum absolute atomic E-state index is 14.1. The maximum atomic E-state index is 14.1. The standard InChI is InChI=1S/C20H17Cl2F3N2O3/c1-3-29-18(28)26-16-5-11(2)4-12(6-16)17-10-19(30-27-17,20(23,24)25)13-7-14(21)9-15(22)8-13/h4-9H,3,10H2,1-2H3,(H,26,28). The summed E-state index contributed by atoms with van der Waals surface area (Å²) in [4.78, 5) is 16.7. The summed E-state index contributed by atoms with van der Waals surface area (Å²) in [6.07, 6.45) is -6.05. The lowest BCUT2D eigenvalue weighted by molar-refractivity contribution is -0.275. The number of rotatable bonds is 4. The molecule has 2 aromatic carbocycles. The van der Waals surface area contributed by atoms with Crippen LogP contribution in [0.25, 0.3) is 0 Å². The molecule has 1 atom stereocenters. The molecule has 3 rings (SSSR count). The van der Waals surface area contributed by atoms with Crippen LogP contribution in [0.4, 0.5) is 23.7 Å². The van der Waals surface area contributed by atoms with Crippen molar-refractivity contribution in [1.82, 2.24) is 0 Å². The highest BCUT2D eigenvalue weighted by molar-refractivity contribution is 6.34. The highest BCUT2D eigenvalue weighted by Crippen LogP contribution is 2.49. The molecule has 2 aromatic rings. The van der Waals surface area contributed by atoms with Crippen LogP contribution in [-0.4, -0.2) is 24.6 Å². The molecule has 1 heterocycles. The quantitative estimate of drug-likeness (QED) is 0.569. The SMILES string of the molecule is CCOC(=O)Nc1cc(C)cc(C2=NOC(c3cc(Cl)cc(Cl)c3)(C(F)(F)F)C2)c1. The number of nitrogens with zero attached hydrogens (tertiary/aromatic N) is 1. The number of hydrogen-bond acceptors (Lipinski definition) is 4. The normalized spacial score (nSPS) is 18.6. The molecule has 1 unspecified atom stereocenters. The Hall–Kier alpha value is -2.45. The lowest BCUT2D eigenvalue weighted by Crippen LogP contribution is -2.42. The monoisotopic (exact) mass is 460 g/mol. The largest absolute Gasteiger partial charge is 0.450 e. The third-order valence-electron chi connectivity index (χ3n) is 4.45. The van der Waals surface area contributed by atoms with Gasteiger partial charge >= 0.3 is 12.3 Å². The van der Waals surface area contributed by atoms with Crippen molar-refractivity contribution in [3.05, 3.63) is 63.1 Å². The van der Waals surface area contributed by atoms with Crippen LogP contribution in [0.2, 0.25) is 10.0 Å². The van der Waals surface area contributed by atoms with E-state index in [4.69, 9.17) is 32.8 Å².